The van der Waals surface area contributed by atoms with Gasteiger partial charge in [-0.25, -0.2) is 0 Å². The van der Waals surface area contributed by atoms with E-state index in [2.05, 4.69) is 4.98 Å². The van der Waals surface area contributed by atoms with Gasteiger partial charge in [-0.05, 0) is 44.2 Å². The quantitative estimate of drug-likeness (QED) is 0.871. The number of hydrogen-bond acceptors (Lipinski definition) is 4. The number of ether oxygens (including phenoxy) is 2. The van der Waals surface area contributed by atoms with Crippen molar-refractivity contribution in [1.29, 1.82) is 0 Å². The molecule has 1 aromatic rings. The van der Waals surface area contributed by atoms with E-state index in [1.165, 1.54) is 0 Å². The van der Waals surface area contributed by atoms with Gasteiger partial charge in [-0.3, -0.25) is 4.98 Å². The third-order valence-electron chi connectivity index (χ3n) is 3.15. The SMILES string of the molecule is CC(C)Oc1cncc(C(N)CC2CCOC2)c1. The number of rotatable bonds is 5. The van der Waals surface area contributed by atoms with E-state index < -0.39 is 0 Å². The number of pyridine rings is 1. The van der Waals surface area contributed by atoms with Gasteiger partial charge in [-0.15, -0.1) is 0 Å². The molecular weight excluding hydrogens is 228 g/mol. The predicted octanol–water partition coefficient (Wildman–Crippen LogP) is 2.30. The van der Waals surface area contributed by atoms with Crippen LogP contribution >= 0.6 is 0 Å². The van der Waals surface area contributed by atoms with Crippen LogP contribution in [0.2, 0.25) is 0 Å². The van der Waals surface area contributed by atoms with Crippen molar-refractivity contribution in [2.45, 2.75) is 38.8 Å². The normalized spacial score (nSPS) is 21.2. The van der Waals surface area contributed by atoms with Crippen LogP contribution in [0.4, 0.5) is 0 Å². The summed E-state index contributed by atoms with van der Waals surface area (Å²) in [6.45, 7) is 5.71. The van der Waals surface area contributed by atoms with Crippen molar-refractivity contribution in [3.63, 3.8) is 0 Å². The van der Waals surface area contributed by atoms with Gasteiger partial charge in [-0.1, -0.05) is 0 Å². The smallest absolute Gasteiger partial charge is 0.138 e. The lowest BCUT2D eigenvalue weighted by molar-refractivity contribution is 0.182. The summed E-state index contributed by atoms with van der Waals surface area (Å²) >= 11 is 0. The Morgan fingerprint density at radius 1 is 1.50 bits per heavy atom. The third kappa shape index (κ3) is 3.68. The Kier molecular flexibility index (Phi) is 4.55. The first kappa shape index (κ1) is 13.3. The Bertz CT molecular complexity index is 376. The van der Waals surface area contributed by atoms with Crippen LogP contribution in [0.5, 0.6) is 5.75 Å². The fourth-order valence-electron chi connectivity index (χ4n) is 2.24. The molecule has 0 radical (unpaired) electrons. The first-order valence-corrected chi connectivity index (χ1v) is 6.60. The fraction of sp³-hybridized carbons (Fsp3) is 0.643. The van der Waals surface area contributed by atoms with E-state index in [4.69, 9.17) is 15.2 Å². The molecule has 2 N–H and O–H groups in total. The molecule has 1 fully saturated rings. The molecule has 100 valence electrons. The number of nitrogens with two attached hydrogens (primary N) is 1. The molecule has 0 amide bonds. The van der Waals surface area contributed by atoms with Gasteiger partial charge in [0.1, 0.15) is 5.75 Å². The number of hydrogen-bond donors (Lipinski definition) is 1. The molecule has 2 rings (SSSR count). The monoisotopic (exact) mass is 250 g/mol. The molecule has 0 saturated carbocycles. The molecule has 1 aliphatic rings. The van der Waals surface area contributed by atoms with E-state index >= 15 is 0 Å². The Labute approximate surface area is 108 Å². The Morgan fingerprint density at radius 2 is 2.33 bits per heavy atom. The minimum Gasteiger partial charge on any atom is -0.489 e. The summed E-state index contributed by atoms with van der Waals surface area (Å²) in [5.74, 6) is 1.37. The second-order valence-electron chi connectivity index (χ2n) is 5.19. The molecule has 0 bridgehead atoms. The average Bonchev–Trinajstić information content (AvgIpc) is 2.81. The zero-order valence-corrected chi connectivity index (χ0v) is 11.1. The van der Waals surface area contributed by atoms with Crippen LogP contribution in [0.1, 0.15) is 38.3 Å². The molecule has 4 nitrogen and oxygen atoms in total. The zero-order chi connectivity index (χ0) is 13.0. The standard InChI is InChI=1S/C14H22N2O2/c1-10(2)18-13-6-12(7-16-8-13)14(15)5-11-3-4-17-9-11/h6-8,10-11,14H,3-5,9,15H2,1-2H3. The van der Waals surface area contributed by atoms with Gasteiger partial charge in [0.25, 0.3) is 0 Å². The molecule has 2 heterocycles. The van der Waals surface area contributed by atoms with Crippen molar-refractivity contribution < 1.29 is 9.47 Å². The fourth-order valence-corrected chi connectivity index (χ4v) is 2.24. The number of nitrogens with zero attached hydrogens (tertiary/aromatic N) is 1. The molecule has 1 aromatic heterocycles. The molecule has 18 heavy (non-hydrogen) atoms. The first-order chi connectivity index (χ1) is 8.65. The molecule has 1 saturated heterocycles. The molecular formula is C14H22N2O2. The summed E-state index contributed by atoms with van der Waals surface area (Å²) < 4.78 is 11.0. The lowest BCUT2D eigenvalue weighted by atomic mass is 9.96. The van der Waals surface area contributed by atoms with Gasteiger partial charge in [0.05, 0.1) is 12.3 Å². The van der Waals surface area contributed by atoms with Crippen molar-refractivity contribution in [2.24, 2.45) is 11.7 Å². The average molecular weight is 250 g/mol. The maximum Gasteiger partial charge on any atom is 0.138 e. The van der Waals surface area contributed by atoms with Crippen molar-refractivity contribution in [1.82, 2.24) is 4.98 Å². The van der Waals surface area contributed by atoms with E-state index in [-0.39, 0.29) is 12.1 Å². The van der Waals surface area contributed by atoms with E-state index in [0.29, 0.717) is 5.92 Å². The second kappa shape index (κ2) is 6.16. The lowest BCUT2D eigenvalue weighted by Gasteiger charge is -2.17. The van der Waals surface area contributed by atoms with E-state index in [9.17, 15) is 0 Å². The first-order valence-electron chi connectivity index (χ1n) is 6.60. The lowest BCUT2D eigenvalue weighted by Crippen LogP contribution is -2.16. The van der Waals surface area contributed by atoms with Crippen LogP contribution in [0.25, 0.3) is 0 Å². The summed E-state index contributed by atoms with van der Waals surface area (Å²) in [7, 11) is 0. The van der Waals surface area contributed by atoms with E-state index in [0.717, 1.165) is 37.4 Å². The molecule has 0 aromatic carbocycles. The van der Waals surface area contributed by atoms with Crippen molar-refractivity contribution in [3.05, 3.63) is 24.0 Å². The highest BCUT2D eigenvalue weighted by Crippen LogP contribution is 2.26. The highest BCUT2D eigenvalue weighted by molar-refractivity contribution is 5.26. The van der Waals surface area contributed by atoms with Gasteiger partial charge in [0, 0.05) is 25.5 Å². The highest BCUT2D eigenvalue weighted by atomic mass is 16.5. The van der Waals surface area contributed by atoms with Crippen LogP contribution in [0, 0.1) is 5.92 Å². The molecule has 2 atom stereocenters. The van der Waals surface area contributed by atoms with Crippen LogP contribution in [0.3, 0.4) is 0 Å². The highest BCUT2D eigenvalue weighted by Gasteiger charge is 2.20. The molecule has 4 heteroatoms. The van der Waals surface area contributed by atoms with E-state index in [1.54, 1.807) is 6.20 Å². The Morgan fingerprint density at radius 3 is 3.00 bits per heavy atom. The second-order valence-corrected chi connectivity index (χ2v) is 5.19. The van der Waals surface area contributed by atoms with Crippen LogP contribution in [0.15, 0.2) is 18.5 Å². The largest absolute Gasteiger partial charge is 0.489 e. The molecule has 1 aliphatic heterocycles. The summed E-state index contributed by atoms with van der Waals surface area (Å²) in [4.78, 5) is 4.20. The summed E-state index contributed by atoms with van der Waals surface area (Å²) in [5.41, 5.74) is 7.27. The minimum absolute atomic E-state index is 0.0138. The summed E-state index contributed by atoms with van der Waals surface area (Å²) in [5, 5.41) is 0. The number of aromatic nitrogens is 1. The third-order valence-corrected chi connectivity index (χ3v) is 3.15. The maximum atomic E-state index is 6.22. The van der Waals surface area contributed by atoms with Gasteiger partial charge in [0.15, 0.2) is 0 Å². The topological polar surface area (TPSA) is 57.4 Å². The van der Waals surface area contributed by atoms with Gasteiger partial charge in [0.2, 0.25) is 0 Å². The van der Waals surface area contributed by atoms with Crippen molar-refractivity contribution in [3.8, 4) is 5.75 Å². The van der Waals surface area contributed by atoms with Crippen molar-refractivity contribution >= 4 is 0 Å². The summed E-state index contributed by atoms with van der Waals surface area (Å²) in [6.07, 6.45) is 5.78. The maximum absolute atomic E-state index is 6.22. The summed E-state index contributed by atoms with van der Waals surface area (Å²) in [6, 6.07) is 2.01. The molecule has 2 unspecified atom stereocenters. The Hall–Kier alpha value is -1.13. The zero-order valence-electron chi connectivity index (χ0n) is 11.1. The van der Waals surface area contributed by atoms with E-state index in [1.807, 2.05) is 26.1 Å². The van der Waals surface area contributed by atoms with Gasteiger partial charge >= 0.3 is 0 Å². The molecule has 0 spiro atoms. The minimum atomic E-state index is 0.0138. The predicted molar refractivity (Wildman–Crippen MR) is 70.5 cm³/mol. The Balaban J connectivity index is 1.98. The van der Waals surface area contributed by atoms with Crippen LogP contribution in [-0.2, 0) is 4.74 Å². The van der Waals surface area contributed by atoms with Gasteiger partial charge in [-0.2, -0.15) is 0 Å². The van der Waals surface area contributed by atoms with Crippen LogP contribution in [-0.4, -0.2) is 24.3 Å². The van der Waals surface area contributed by atoms with Crippen molar-refractivity contribution in [2.75, 3.05) is 13.2 Å². The van der Waals surface area contributed by atoms with Gasteiger partial charge < -0.3 is 15.2 Å². The molecule has 0 aliphatic carbocycles. The van der Waals surface area contributed by atoms with Crippen LogP contribution < -0.4 is 10.5 Å².